The van der Waals surface area contributed by atoms with Gasteiger partial charge in [0, 0.05) is 39.9 Å². The summed E-state index contributed by atoms with van der Waals surface area (Å²) >= 11 is 0. The summed E-state index contributed by atoms with van der Waals surface area (Å²) in [6.45, 7) is 4.34. The van der Waals surface area contributed by atoms with E-state index < -0.39 is 17.5 Å². The first-order valence-electron chi connectivity index (χ1n) is 11.3. The minimum atomic E-state index is -0.948. The number of carboxylic acid groups (broad SMARTS) is 1. The number of carboxylic acids is 1. The lowest BCUT2D eigenvalue weighted by molar-refractivity contribution is -0.153. The summed E-state index contributed by atoms with van der Waals surface area (Å²) in [7, 11) is 0. The van der Waals surface area contributed by atoms with Crippen LogP contribution in [-0.4, -0.2) is 38.6 Å². The minimum absolute atomic E-state index is 0.0480. The summed E-state index contributed by atoms with van der Waals surface area (Å²) in [5, 5.41) is 28.2. The summed E-state index contributed by atoms with van der Waals surface area (Å²) in [6, 6.07) is 12.8. The number of ether oxygens (including phenoxy) is 1. The Labute approximate surface area is 195 Å². The average Bonchev–Trinajstić information content (AvgIpc) is 3.40. The second-order valence-corrected chi connectivity index (χ2v) is 9.55. The normalized spacial score (nSPS) is 18.9. The fraction of sp³-hybridized carbons (Fsp3) is 0.346. The number of aromatic amines is 1. The van der Waals surface area contributed by atoms with Crippen LogP contribution in [0.15, 0.2) is 42.6 Å². The highest BCUT2D eigenvalue weighted by atomic mass is 19.1. The Hall–Kier alpha value is -3.70. The van der Waals surface area contributed by atoms with Gasteiger partial charge in [-0.05, 0) is 54.8 Å². The van der Waals surface area contributed by atoms with Crippen LogP contribution in [0.2, 0.25) is 0 Å². The SMILES string of the molecule is CC(C)(CC#N)c1c([C@H]2CCC(C(=O)O)OC2)c2cc3[nH]ncc3cc2n1-c1ccc(F)cc1. The Balaban J connectivity index is 1.82. The van der Waals surface area contributed by atoms with Crippen LogP contribution < -0.4 is 0 Å². The summed E-state index contributed by atoms with van der Waals surface area (Å²) in [4.78, 5) is 11.4. The van der Waals surface area contributed by atoms with Gasteiger partial charge in [0.05, 0.1) is 29.9 Å². The van der Waals surface area contributed by atoms with Crippen LogP contribution in [0.5, 0.6) is 0 Å². The lowest BCUT2D eigenvalue weighted by Crippen LogP contribution is -2.32. The predicted octanol–water partition coefficient (Wildman–Crippen LogP) is 5.18. The number of fused-ring (bicyclic) bond motifs is 2. The molecule has 1 aliphatic rings. The molecule has 34 heavy (non-hydrogen) atoms. The minimum Gasteiger partial charge on any atom is -0.479 e. The third-order valence-electron chi connectivity index (χ3n) is 6.77. The molecule has 2 aromatic carbocycles. The molecule has 8 heteroatoms. The van der Waals surface area contributed by atoms with Gasteiger partial charge in [0.25, 0.3) is 0 Å². The van der Waals surface area contributed by atoms with Crippen LogP contribution >= 0.6 is 0 Å². The first-order valence-corrected chi connectivity index (χ1v) is 11.3. The van der Waals surface area contributed by atoms with Crippen LogP contribution in [0.25, 0.3) is 27.5 Å². The summed E-state index contributed by atoms with van der Waals surface area (Å²) < 4.78 is 21.7. The molecule has 1 unspecified atom stereocenters. The lowest BCUT2D eigenvalue weighted by atomic mass is 9.78. The first-order chi connectivity index (χ1) is 16.3. The number of hydrogen-bond donors (Lipinski definition) is 2. The number of nitriles is 1. The van der Waals surface area contributed by atoms with Gasteiger partial charge >= 0.3 is 5.97 Å². The molecule has 2 N–H and O–H groups in total. The van der Waals surface area contributed by atoms with E-state index in [2.05, 4.69) is 33.0 Å². The van der Waals surface area contributed by atoms with Crippen molar-refractivity contribution >= 4 is 27.8 Å². The fourth-order valence-corrected chi connectivity index (χ4v) is 5.14. The maximum absolute atomic E-state index is 13.8. The molecule has 7 nitrogen and oxygen atoms in total. The van der Waals surface area contributed by atoms with Crippen molar-refractivity contribution in [3.8, 4) is 11.8 Å². The standard InChI is InChI=1S/C26H25FN4O3/c1-26(2,9-10-28)24-23(15-3-8-22(25(32)33)34-14-15)19-12-20-16(13-29-30-20)11-21(19)31(24)18-6-4-17(27)5-7-18/h4-7,11-13,15,22H,3,8-9,14H2,1-2H3,(H,29,30)(H,32,33)/t15-,22?/m0/s1. The molecule has 2 aromatic heterocycles. The molecule has 5 rings (SSSR count). The highest BCUT2D eigenvalue weighted by molar-refractivity contribution is 5.99. The van der Waals surface area contributed by atoms with Crippen molar-refractivity contribution in [2.24, 2.45) is 0 Å². The molecule has 4 aromatic rings. The fourth-order valence-electron chi connectivity index (χ4n) is 5.14. The highest BCUT2D eigenvalue weighted by Crippen LogP contribution is 2.45. The number of nitrogens with zero attached hydrogens (tertiary/aromatic N) is 3. The number of H-pyrrole nitrogens is 1. The number of nitrogens with one attached hydrogen (secondary N) is 1. The van der Waals surface area contributed by atoms with E-state index in [-0.39, 0.29) is 24.8 Å². The number of rotatable bonds is 5. The van der Waals surface area contributed by atoms with E-state index >= 15 is 0 Å². The molecule has 0 bridgehead atoms. The maximum Gasteiger partial charge on any atom is 0.332 e. The summed E-state index contributed by atoms with van der Waals surface area (Å²) in [5.74, 6) is -1.32. The number of carbonyl (C=O) groups is 1. The van der Waals surface area contributed by atoms with Gasteiger partial charge in [-0.25, -0.2) is 9.18 Å². The van der Waals surface area contributed by atoms with Crippen molar-refractivity contribution in [1.29, 1.82) is 5.26 Å². The lowest BCUT2D eigenvalue weighted by Gasteiger charge is -2.32. The van der Waals surface area contributed by atoms with Crippen molar-refractivity contribution in [2.45, 2.75) is 50.5 Å². The number of aromatic nitrogens is 3. The van der Waals surface area contributed by atoms with Crippen molar-refractivity contribution in [2.75, 3.05) is 6.61 Å². The van der Waals surface area contributed by atoms with E-state index in [0.29, 0.717) is 12.8 Å². The van der Waals surface area contributed by atoms with E-state index in [1.54, 1.807) is 18.3 Å². The number of aliphatic carboxylic acids is 1. The molecular formula is C26H25FN4O3. The summed E-state index contributed by atoms with van der Waals surface area (Å²) in [5.41, 5.74) is 4.07. The Morgan fingerprint density at radius 1 is 1.32 bits per heavy atom. The third-order valence-corrected chi connectivity index (χ3v) is 6.77. The van der Waals surface area contributed by atoms with Gasteiger partial charge in [-0.15, -0.1) is 0 Å². The van der Waals surface area contributed by atoms with Gasteiger partial charge in [-0.1, -0.05) is 13.8 Å². The van der Waals surface area contributed by atoms with Gasteiger partial charge < -0.3 is 14.4 Å². The molecule has 0 spiro atoms. The first kappa shape index (κ1) is 22.1. The van der Waals surface area contributed by atoms with Crippen molar-refractivity contribution in [1.82, 2.24) is 14.8 Å². The van der Waals surface area contributed by atoms with Gasteiger partial charge in [0.15, 0.2) is 6.10 Å². The third kappa shape index (κ3) is 3.62. The maximum atomic E-state index is 13.8. The van der Waals surface area contributed by atoms with Crippen LogP contribution in [0.1, 0.15) is 50.3 Å². The quantitative estimate of drug-likeness (QED) is 0.427. The molecule has 0 aliphatic carbocycles. The average molecular weight is 461 g/mol. The van der Waals surface area contributed by atoms with Gasteiger partial charge in [-0.3, -0.25) is 5.10 Å². The summed E-state index contributed by atoms with van der Waals surface area (Å²) in [6.07, 6.45) is 2.29. The zero-order valence-corrected chi connectivity index (χ0v) is 19.0. The van der Waals surface area contributed by atoms with E-state index in [4.69, 9.17) is 4.74 Å². The molecule has 0 saturated carbocycles. The van der Waals surface area contributed by atoms with Crippen LogP contribution in [0.4, 0.5) is 4.39 Å². The molecule has 1 saturated heterocycles. The molecule has 2 atom stereocenters. The van der Waals surface area contributed by atoms with Crippen LogP contribution in [0, 0.1) is 17.1 Å². The van der Waals surface area contributed by atoms with Crippen molar-refractivity contribution < 1.29 is 19.0 Å². The second kappa shape index (κ2) is 8.26. The largest absolute Gasteiger partial charge is 0.479 e. The zero-order valence-electron chi connectivity index (χ0n) is 19.0. The Bertz CT molecular complexity index is 1420. The van der Waals surface area contributed by atoms with Crippen LogP contribution in [0.3, 0.4) is 0 Å². The number of halogens is 1. The topological polar surface area (TPSA) is 104 Å². The van der Waals surface area contributed by atoms with E-state index in [1.807, 2.05) is 13.8 Å². The highest BCUT2D eigenvalue weighted by Gasteiger charge is 2.37. The predicted molar refractivity (Wildman–Crippen MR) is 125 cm³/mol. The number of hydrogen-bond acceptors (Lipinski definition) is 4. The second-order valence-electron chi connectivity index (χ2n) is 9.55. The molecule has 3 heterocycles. The molecule has 0 amide bonds. The van der Waals surface area contributed by atoms with Crippen LogP contribution in [-0.2, 0) is 14.9 Å². The zero-order chi connectivity index (χ0) is 24.0. The molecule has 174 valence electrons. The van der Waals surface area contributed by atoms with E-state index in [0.717, 1.165) is 38.8 Å². The monoisotopic (exact) mass is 460 g/mol. The number of benzene rings is 2. The van der Waals surface area contributed by atoms with Gasteiger partial charge in [-0.2, -0.15) is 10.4 Å². The Morgan fingerprint density at radius 2 is 2.09 bits per heavy atom. The molecule has 1 fully saturated rings. The van der Waals surface area contributed by atoms with E-state index in [9.17, 15) is 19.6 Å². The molecular weight excluding hydrogens is 435 g/mol. The van der Waals surface area contributed by atoms with Crippen molar-refractivity contribution in [3.05, 3.63) is 59.7 Å². The van der Waals surface area contributed by atoms with Crippen molar-refractivity contribution in [3.63, 3.8) is 0 Å². The molecule has 0 radical (unpaired) electrons. The van der Waals surface area contributed by atoms with Gasteiger partial charge in [0.2, 0.25) is 0 Å². The smallest absolute Gasteiger partial charge is 0.332 e. The van der Waals surface area contributed by atoms with E-state index in [1.165, 1.54) is 12.1 Å². The Morgan fingerprint density at radius 3 is 2.74 bits per heavy atom. The van der Waals surface area contributed by atoms with Gasteiger partial charge in [0.1, 0.15) is 5.82 Å². The molecule has 1 aliphatic heterocycles. The Kier molecular flexibility index (Phi) is 5.37.